The first-order valence-electron chi connectivity index (χ1n) is 15.6. The molecule has 1 aliphatic carbocycles. The van der Waals surface area contributed by atoms with E-state index in [0.29, 0.717) is 6.04 Å². The van der Waals surface area contributed by atoms with Crippen LogP contribution in [-0.4, -0.2) is 99.0 Å². The number of hydrogen-bond donors (Lipinski definition) is 1. The molecule has 4 aliphatic rings. The first kappa shape index (κ1) is 27.4. The lowest BCUT2D eigenvalue weighted by Crippen LogP contribution is -2.48. The van der Waals surface area contributed by atoms with Crippen molar-refractivity contribution in [2.24, 2.45) is 5.92 Å². The number of aromatic nitrogens is 1. The van der Waals surface area contributed by atoms with Crippen molar-refractivity contribution in [2.75, 3.05) is 81.9 Å². The van der Waals surface area contributed by atoms with Gasteiger partial charge in [-0.25, -0.2) is 9.78 Å². The van der Waals surface area contributed by atoms with Crippen molar-refractivity contribution in [1.29, 1.82) is 0 Å². The van der Waals surface area contributed by atoms with Crippen LogP contribution < -0.4 is 15.1 Å². The zero-order chi connectivity index (χ0) is 27.1. The number of rotatable bonds is 7. The number of pyridine rings is 1. The number of piperidine rings is 1. The van der Waals surface area contributed by atoms with Gasteiger partial charge in [0.1, 0.15) is 17.4 Å². The van der Waals surface area contributed by atoms with Crippen molar-refractivity contribution >= 4 is 17.7 Å². The van der Waals surface area contributed by atoms with Gasteiger partial charge in [-0.15, -0.1) is 0 Å². The maximum Gasteiger partial charge on any atom is 0.317 e. The Morgan fingerprint density at radius 3 is 2.25 bits per heavy atom. The Kier molecular flexibility index (Phi) is 9.08. The van der Waals surface area contributed by atoms with E-state index in [-0.39, 0.29) is 6.03 Å². The molecule has 2 aromatic rings. The second-order valence-electron chi connectivity index (χ2n) is 12.0. The number of hydrogen-bond acceptors (Lipinski definition) is 7. The van der Waals surface area contributed by atoms with Crippen LogP contribution in [0.25, 0.3) is 11.3 Å². The van der Waals surface area contributed by atoms with Gasteiger partial charge in [0.05, 0.1) is 19.5 Å². The van der Waals surface area contributed by atoms with Gasteiger partial charge in [0, 0.05) is 64.0 Å². The molecule has 9 nitrogen and oxygen atoms in total. The van der Waals surface area contributed by atoms with E-state index < -0.39 is 0 Å². The molecule has 3 aliphatic heterocycles. The molecular formula is C31H46N6O3. The van der Waals surface area contributed by atoms with Crippen LogP contribution in [0.3, 0.4) is 0 Å². The highest BCUT2D eigenvalue weighted by Crippen LogP contribution is 2.30. The Morgan fingerprint density at radius 1 is 0.875 bits per heavy atom. The van der Waals surface area contributed by atoms with E-state index in [1.165, 1.54) is 32.2 Å². The molecule has 0 spiro atoms. The lowest BCUT2D eigenvalue weighted by atomic mass is 9.84. The van der Waals surface area contributed by atoms with Crippen LogP contribution in [0.2, 0.25) is 0 Å². The van der Waals surface area contributed by atoms with E-state index >= 15 is 0 Å². The van der Waals surface area contributed by atoms with Crippen molar-refractivity contribution in [2.45, 2.75) is 57.4 Å². The van der Waals surface area contributed by atoms with Crippen LogP contribution in [0.5, 0.6) is 0 Å². The van der Waals surface area contributed by atoms with Gasteiger partial charge in [0.15, 0.2) is 0 Å². The number of likely N-dealkylation sites (tertiary alicyclic amines) is 1. The van der Waals surface area contributed by atoms with Crippen molar-refractivity contribution < 1.29 is 13.9 Å². The molecule has 0 radical (unpaired) electrons. The number of furan rings is 1. The van der Waals surface area contributed by atoms with Crippen LogP contribution in [-0.2, 0) is 4.74 Å². The smallest absolute Gasteiger partial charge is 0.317 e. The normalized spacial score (nSPS) is 24.8. The van der Waals surface area contributed by atoms with Gasteiger partial charge in [0.2, 0.25) is 0 Å². The zero-order valence-electron chi connectivity index (χ0n) is 23.9. The molecule has 2 amide bonds. The third-order valence-corrected chi connectivity index (χ3v) is 9.31. The molecule has 40 heavy (non-hydrogen) atoms. The molecule has 5 heterocycles. The fraction of sp³-hybridized carbons (Fsp3) is 0.677. The Labute approximate surface area is 238 Å². The van der Waals surface area contributed by atoms with Crippen LogP contribution >= 0.6 is 0 Å². The molecule has 0 unspecified atom stereocenters. The summed E-state index contributed by atoms with van der Waals surface area (Å²) in [6.45, 7) is 10.4. The standard InChI is InChI=1S/C31H46N6O3/c38-31(37-11-2-1-3-12-37)32-27-8-6-25(7-9-27)10-13-34-14-16-35(17-15-34)29-23-26(28-5-4-20-40-28)24-30(33-29)36-18-21-39-22-19-36/h4-5,20,23-25,27H,1-3,6-19,21-22H2,(H,32,38)/t25-,27-. The number of carbonyl (C=O) groups excluding carboxylic acids is 1. The average Bonchev–Trinajstić information content (AvgIpc) is 3.57. The Morgan fingerprint density at radius 2 is 1.57 bits per heavy atom. The number of nitrogens with zero attached hydrogens (tertiary/aromatic N) is 5. The SMILES string of the molecule is O=C(N[C@H]1CC[C@H](CCN2CCN(c3cc(-c4ccco4)cc(N4CCOCC4)n3)CC2)CC1)N1CCCCC1. The van der Waals surface area contributed by atoms with Crippen LogP contribution in [0.15, 0.2) is 34.9 Å². The van der Waals surface area contributed by atoms with Gasteiger partial charge < -0.3 is 29.2 Å². The van der Waals surface area contributed by atoms with E-state index in [1.807, 2.05) is 17.0 Å². The average molecular weight is 551 g/mol. The van der Waals surface area contributed by atoms with E-state index in [0.717, 1.165) is 120 Å². The van der Waals surface area contributed by atoms with Gasteiger partial charge in [-0.2, -0.15) is 0 Å². The first-order chi connectivity index (χ1) is 19.7. The maximum atomic E-state index is 12.6. The lowest BCUT2D eigenvalue weighted by molar-refractivity contribution is 0.122. The highest BCUT2D eigenvalue weighted by atomic mass is 16.5. The molecular weight excluding hydrogens is 504 g/mol. The monoisotopic (exact) mass is 550 g/mol. The van der Waals surface area contributed by atoms with Gasteiger partial charge >= 0.3 is 6.03 Å². The number of morpholine rings is 1. The minimum absolute atomic E-state index is 0.169. The number of anilines is 2. The summed E-state index contributed by atoms with van der Waals surface area (Å²) < 4.78 is 11.3. The summed E-state index contributed by atoms with van der Waals surface area (Å²) in [6.07, 6.45) is 11.3. The molecule has 6 rings (SSSR count). The summed E-state index contributed by atoms with van der Waals surface area (Å²) in [5.74, 6) is 3.72. The van der Waals surface area contributed by atoms with E-state index in [1.54, 1.807) is 6.26 Å². The predicted octanol–water partition coefficient (Wildman–Crippen LogP) is 4.44. The molecule has 0 bridgehead atoms. The van der Waals surface area contributed by atoms with Crippen molar-refractivity contribution in [3.63, 3.8) is 0 Å². The molecule has 3 saturated heterocycles. The molecule has 2 aromatic heterocycles. The third-order valence-electron chi connectivity index (χ3n) is 9.31. The second kappa shape index (κ2) is 13.3. The van der Waals surface area contributed by atoms with Crippen LogP contribution in [0.4, 0.5) is 16.4 Å². The highest BCUT2D eigenvalue weighted by molar-refractivity contribution is 5.74. The molecule has 1 N–H and O–H groups in total. The Hall–Kier alpha value is -2.78. The van der Waals surface area contributed by atoms with Gasteiger partial charge in [-0.05, 0) is 88.1 Å². The predicted molar refractivity (Wildman–Crippen MR) is 158 cm³/mol. The van der Waals surface area contributed by atoms with Crippen molar-refractivity contribution in [3.05, 3.63) is 30.5 Å². The molecule has 9 heteroatoms. The summed E-state index contributed by atoms with van der Waals surface area (Å²) in [5, 5.41) is 3.32. The first-order valence-corrected chi connectivity index (χ1v) is 15.6. The summed E-state index contributed by atoms with van der Waals surface area (Å²) in [6, 6.07) is 8.83. The second-order valence-corrected chi connectivity index (χ2v) is 12.0. The fourth-order valence-corrected chi connectivity index (χ4v) is 6.73. The number of ether oxygens (including phenoxy) is 1. The summed E-state index contributed by atoms with van der Waals surface area (Å²) in [4.78, 5) is 27.1. The topological polar surface area (TPSA) is 77.3 Å². The minimum atomic E-state index is 0.169. The molecule has 1 saturated carbocycles. The van der Waals surface area contributed by atoms with E-state index in [9.17, 15) is 4.79 Å². The van der Waals surface area contributed by atoms with Gasteiger partial charge in [-0.3, -0.25) is 4.90 Å². The van der Waals surface area contributed by atoms with Crippen LogP contribution in [0.1, 0.15) is 51.4 Å². The number of piperazine rings is 1. The number of amides is 2. The largest absolute Gasteiger partial charge is 0.464 e. The third kappa shape index (κ3) is 6.92. The number of nitrogens with one attached hydrogen (secondary N) is 1. The van der Waals surface area contributed by atoms with Crippen LogP contribution in [0, 0.1) is 5.92 Å². The molecule has 0 aromatic carbocycles. The minimum Gasteiger partial charge on any atom is -0.464 e. The lowest BCUT2D eigenvalue weighted by Gasteiger charge is -2.37. The van der Waals surface area contributed by atoms with Gasteiger partial charge in [0.25, 0.3) is 0 Å². The van der Waals surface area contributed by atoms with Crippen molar-refractivity contribution in [3.8, 4) is 11.3 Å². The quantitative estimate of drug-likeness (QED) is 0.546. The zero-order valence-corrected chi connectivity index (χ0v) is 23.9. The molecule has 218 valence electrons. The summed E-state index contributed by atoms with van der Waals surface area (Å²) in [5.41, 5.74) is 1.08. The maximum absolute atomic E-state index is 12.6. The number of urea groups is 1. The summed E-state index contributed by atoms with van der Waals surface area (Å²) >= 11 is 0. The summed E-state index contributed by atoms with van der Waals surface area (Å²) in [7, 11) is 0. The van der Waals surface area contributed by atoms with E-state index in [4.69, 9.17) is 14.1 Å². The molecule has 4 fully saturated rings. The number of carbonyl (C=O) groups is 1. The highest BCUT2D eigenvalue weighted by Gasteiger charge is 2.26. The fourth-order valence-electron chi connectivity index (χ4n) is 6.73. The van der Waals surface area contributed by atoms with Crippen molar-refractivity contribution in [1.82, 2.24) is 20.1 Å². The van der Waals surface area contributed by atoms with E-state index in [2.05, 4.69) is 32.1 Å². The Bertz CT molecular complexity index is 1070. The molecule has 0 atom stereocenters. The Balaban J connectivity index is 0.968. The van der Waals surface area contributed by atoms with Gasteiger partial charge in [-0.1, -0.05) is 0 Å².